The molecule has 0 aliphatic heterocycles. The maximum atomic E-state index is 11.7. The van der Waals surface area contributed by atoms with Crippen LogP contribution in [0.15, 0.2) is 30.3 Å². The van der Waals surface area contributed by atoms with Crippen molar-refractivity contribution in [2.24, 2.45) is 5.73 Å². The highest BCUT2D eigenvalue weighted by Crippen LogP contribution is 2.17. The van der Waals surface area contributed by atoms with E-state index >= 15 is 0 Å². The summed E-state index contributed by atoms with van der Waals surface area (Å²) in [6.07, 6.45) is 1.35. The van der Waals surface area contributed by atoms with Crippen molar-refractivity contribution in [3.05, 3.63) is 35.9 Å². The van der Waals surface area contributed by atoms with Gasteiger partial charge in [-0.25, -0.2) is 4.79 Å². The van der Waals surface area contributed by atoms with Crippen LogP contribution < -0.4 is 5.73 Å². The molecule has 0 amide bonds. The Bertz CT molecular complexity index is 477. The van der Waals surface area contributed by atoms with Gasteiger partial charge in [-0.05, 0) is 24.9 Å². The zero-order chi connectivity index (χ0) is 17.1. The lowest BCUT2D eigenvalue weighted by Crippen LogP contribution is -2.31. The van der Waals surface area contributed by atoms with Gasteiger partial charge in [0.1, 0.15) is 6.10 Å². The maximum Gasteiger partial charge on any atom is 0.345 e. The van der Waals surface area contributed by atoms with Gasteiger partial charge in [0.15, 0.2) is 6.10 Å². The van der Waals surface area contributed by atoms with E-state index in [0.29, 0.717) is 18.5 Å². The van der Waals surface area contributed by atoms with Crippen molar-refractivity contribution in [2.75, 3.05) is 6.54 Å². The predicted molar refractivity (Wildman–Crippen MR) is 85.3 cm³/mol. The van der Waals surface area contributed by atoms with E-state index in [-0.39, 0.29) is 6.42 Å². The van der Waals surface area contributed by atoms with E-state index < -0.39 is 24.1 Å². The molecule has 23 heavy (non-hydrogen) atoms. The summed E-state index contributed by atoms with van der Waals surface area (Å²) < 4.78 is 4.57. The molecule has 6 nitrogen and oxygen atoms in total. The van der Waals surface area contributed by atoms with Crippen molar-refractivity contribution in [3.8, 4) is 0 Å². The second-order valence-corrected chi connectivity index (χ2v) is 5.40. The normalized spacial score (nSPS) is 13.3. The van der Waals surface area contributed by atoms with Crippen LogP contribution in [0.5, 0.6) is 0 Å². The molecular weight excluding hydrogens is 298 g/mol. The molecule has 1 rings (SSSR count). The number of nitrogens with two attached hydrogens (primary N) is 1. The molecule has 0 fully saturated rings. The summed E-state index contributed by atoms with van der Waals surface area (Å²) in [5.41, 5.74) is 5.76. The summed E-state index contributed by atoms with van der Waals surface area (Å²) in [6.45, 7) is 0.665. The second kappa shape index (κ2) is 10.9. The fraction of sp³-hybridized carbons (Fsp3) is 0.529. The van der Waals surface area contributed by atoms with Crippen molar-refractivity contribution >= 4 is 11.9 Å². The minimum absolute atomic E-state index is 0.114. The van der Waals surface area contributed by atoms with Crippen LogP contribution >= 0.6 is 0 Å². The van der Waals surface area contributed by atoms with Crippen molar-refractivity contribution in [1.29, 1.82) is 0 Å². The van der Waals surface area contributed by atoms with E-state index in [0.717, 1.165) is 25.7 Å². The number of ether oxygens (including phenoxy) is 1. The molecule has 2 unspecified atom stereocenters. The molecule has 0 aliphatic carbocycles. The molecule has 0 bridgehead atoms. The molecule has 0 spiro atoms. The number of unbranched alkanes of at least 4 members (excludes halogenated alkanes) is 4. The van der Waals surface area contributed by atoms with Gasteiger partial charge in [0.05, 0.1) is 0 Å². The van der Waals surface area contributed by atoms with Crippen LogP contribution in [-0.2, 0) is 14.3 Å². The van der Waals surface area contributed by atoms with Crippen LogP contribution in [0.25, 0.3) is 0 Å². The summed E-state index contributed by atoms with van der Waals surface area (Å²) in [5.74, 6) is -1.82. The van der Waals surface area contributed by atoms with Crippen LogP contribution in [0.3, 0.4) is 0 Å². The molecule has 128 valence electrons. The van der Waals surface area contributed by atoms with Gasteiger partial charge in [-0.3, -0.25) is 4.79 Å². The lowest BCUT2D eigenvalue weighted by atomic mass is 10.0. The van der Waals surface area contributed by atoms with E-state index in [4.69, 9.17) is 5.73 Å². The average molecular weight is 323 g/mol. The number of hydrogen-bond acceptors (Lipinski definition) is 6. The number of rotatable bonds is 10. The highest BCUT2D eigenvalue weighted by Gasteiger charge is 2.28. The largest absolute Gasteiger partial charge is 0.391 e. The Morgan fingerprint density at radius 3 is 2.26 bits per heavy atom. The van der Waals surface area contributed by atoms with Gasteiger partial charge in [0.25, 0.3) is 0 Å². The van der Waals surface area contributed by atoms with Gasteiger partial charge in [-0.2, -0.15) is 0 Å². The quantitative estimate of drug-likeness (QED) is 0.341. The van der Waals surface area contributed by atoms with Crippen molar-refractivity contribution in [2.45, 2.75) is 50.7 Å². The van der Waals surface area contributed by atoms with Gasteiger partial charge < -0.3 is 20.7 Å². The first-order chi connectivity index (χ1) is 11.1. The molecular formula is C17H25NO5. The van der Waals surface area contributed by atoms with E-state index in [1.807, 2.05) is 0 Å². The van der Waals surface area contributed by atoms with Gasteiger partial charge in [-0.1, -0.05) is 49.6 Å². The molecule has 0 aromatic heterocycles. The number of esters is 2. The van der Waals surface area contributed by atoms with Crippen molar-refractivity contribution in [3.63, 3.8) is 0 Å². The molecule has 0 heterocycles. The van der Waals surface area contributed by atoms with Crippen LogP contribution in [0.4, 0.5) is 0 Å². The fourth-order valence-corrected chi connectivity index (χ4v) is 2.13. The molecule has 2 atom stereocenters. The number of aliphatic hydroxyl groups excluding tert-OH is 2. The third-order valence-electron chi connectivity index (χ3n) is 3.48. The number of carbonyl (C=O) groups is 2. The predicted octanol–water partition coefficient (Wildman–Crippen LogP) is 1.45. The van der Waals surface area contributed by atoms with Gasteiger partial charge in [0.2, 0.25) is 0 Å². The highest BCUT2D eigenvalue weighted by atomic mass is 16.6. The van der Waals surface area contributed by atoms with E-state index in [9.17, 15) is 19.8 Å². The summed E-state index contributed by atoms with van der Waals surface area (Å²) >= 11 is 0. The Morgan fingerprint density at radius 1 is 1.00 bits per heavy atom. The van der Waals surface area contributed by atoms with E-state index in [1.165, 1.54) is 0 Å². The lowest BCUT2D eigenvalue weighted by Gasteiger charge is -2.16. The third-order valence-corrected chi connectivity index (χ3v) is 3.48. The van der Waals surface area contributed by atoms with Crippen LogP contribution in [0.2, 0.25) is 0 Å². The summed E-state index contributed by atoms with van der Waals surface area (Å²) in [4.78, 5) is 23.2. The third kappa shape index (κ3) is 7.36. The Kier molecular flexibility index (Phi) is 9.12. The van der Waals surface area contributed by atoms with Crippen molar-refractivity contribution in [1.82, 2.24) is 0 Å². The second-order valence-electron chi connectivity index (χ2n) is 5.40. The summed E-state index contributed by atoms with van der Waals surface area (Å²) in [7, 11) is 0. The number of hydrogen-bond donors (Lipinski definition) is 3. The minimum Gasteiger partial charge on any atom is -0.391 e. The van der Waals surface area contributed by atoms with Crippen LogP contribution in [-0.4, -0.2) is 34.8 Å². The highest BCUT2D eigenvalue weighted by molar-refractivity contribution is 5.88. The maximum absolute atomic E-state index is 11.7. The van der Waals surface area contributed by atoms with Gasteiger partial charge in [-0.15, -0.1) is 0 Å². The lowest BCUT2D eigenvalue weighted by molar-refractivity contribution is -0.170. The average Bonchev–Trinajstić information content (AvgIpc) is 2.57. The molecule has 1 aromatic carbocycles. The van der Waals surface area contributed by atoms with Gasteiger partial charge >= 0.3 is 11.9 Å². The standard InChI is InChI=1S/C17H25NO5/c18-12-8-3-1-2-7-11-14(19)23-17(22)16(21)15(20)13-9-5-4-6-10-13/h4-6,9-10,15-16,20-21H,1-3,7-8,11-12,18H2. The zero-order valence-electron chi connectivity index (χ0n) is 13.2. The molecule has 0 radical (unpaired) electrons. The van der Waals surface area contributed by atoms with Gasteiger partial charge in [0, 0.05) is 6.42 Å². The van der Waals surface area contributed by atoms with Crippen molar-refractivity contribution < 1.29 is 24.5 Å². The molecule has 4 N–H and O–H groups in total. The Labute approximate surface area is 136 Å². The number of aliphatic hydroxyl groups is 2. The fourth-order valence-electron chi connectivity index (χ4n) is 2.13. The SMILES string of the molecule is NCCCCCCCC(=O)OC(=O)C(O)C(O)c1ccccc1. The Morgan fingerprint density at radius 2 is 1.61 bits per heavy atom. The molecule has 0 aliphatic rings. The van der Waals surface area contributed by atoms with E-state index in [1.54, 1.807) is 30.3 Å². The Balaban J connectivity index is 2.30. The molecule has 0 saturated heterocycles. The summed E-state index contributed by atoms with van der Waals surface area (Å²) in [5, 5.41) is 19.7. The topological polar surface area (TPSA) is 110 Å². The van der Waals surface area contributed by atoms with Crippen LogP contribution in [0, 0.1) is 0 Å². The number of benzene rings is 1. The minimum atomic E-state index is -1.79. The smallest absolute Gasteiger partial charge is 0.345 e. The molecule has 6 heteroatoms. The van der Waals surface area contributed by atoms with E-state index in [2.05, 4.69) is 4.74 Å². The first-order valence-corrected chi connectivity index (χ1v) is 7.92. The molecule has 0 saturated carbocycles. The number of carbonyl (C=O) groups excluding carboxylic acids is 2. The first kappa shape index (κ1) is 19.3. The first-order valence-electron chi connectivity index (χ1n) is 7.92. The zero-order valence-corrected chi connectivity index (χ0v) is 13.2. The summed E-state index contributed by atoms with van der Waals surface area (Å²) in [6, 6.07) is 8.24. The Hall–Kier alpha value is -1.76. The molecule has 1 aromatic rings. The monoisotopic (exact) mass is 323 g/mol. The van der Waals surface area contributed by atoms with Crippen LogP contribution in [0.1, 0.15) is 50.2 Å².